The maximum atomic E-state index is 12.3. The summed E-state index contributed by atoms with van der Waals surface area (Å²) >= 11 is 3.23. The van der Waals surface area contributed by atoms with Gasteiger partial charge in [0.25, 0.3) is 10.0 Å². The maximum Gasteiger partial charge on any atom is 0.263 e. The zero-order chi connectivity index (χ0) is 14.0. The van der Waals surface area contributed by atoms with E-state index in [-0.39, 0.29) is 11.4 Å². The number of hydrogen-bond acceptors (Lipinski definition) is 4. The van der Waals surface area contributed by atoms with Crippen LogP contribution in [-0.4, -0.2) is 18.2 Å². The summed E-state index contributed by atoms with van der Waals surface area (Å²) in [6, 6.07) is 4.98. The van der Waals surface area contributed by atoms with Gasteiger partial charge in [-0.2, -0.15) is 5.10 Å². The fraction of sp³-hybridized carbons (Fsp3) is 0.182. The van der Waals surface area contributed by atoms with Gasteiger partial charge in [-0.1, -0.05) is 6.07 Å². The Hall–Kier alpha value is -1.38. The normalized spacial score (nSPS) is 11.5. The first-order valence-corrected chi connectivity index (χ1v) is 7.70. The first-order valence-electron chi connectivity index (χ1n) is 5.42. The van der Waals surface area contributed by atoms with Crippen LogP contribution in [-0.2, 0) is 23.6 Å². The van der Waals surface area contributed by atoms with Crippen molar-refractivity contribution < 1.29 is 8.42 Å². The molecule has 0 radical (unpaired) electrons. The van der Waals surface area contributed by atoms with Crippen molar-refractivity contribution in [1.82, 2.24) is 9.78 Å². The molecule has 19 heavy (non-hydrogen) atoms. The third-order valence-corrected chi connectivity index (χ3v) is 4.85. The van der Waals surface area contributed by atoms with Crippen molar-refractivity contribution in [2.75, 3.05) is 4.72 Å². The summed E-state index contributed by atoms with van der Waals surface area (Å²) in [6.07, 6.45) is 3.02. The molecule has 0 aliphatic carbocycles. The van der Waals surface area contributed by atoms with Gasteiger partial charge in [-0.25, -0.2) is 8.42 Å². The summed E-state index contributed by atoms with van der Waals surface area (Å²) in [4.78, 5) is 0.152. The first kappa shape index (κ1) is 14.0. The fourth-order valence-corrected chi connectivity index (χ4v) is 3.61. The first-order chi connectivity index (χ1) is 8.92. The second-order valence-electron chi connectivity index (χ2n) is 3.98. The number of rotatable bonds is 4. The Morgan fingerprint density at radius 2 is 2.21 bits per heavy atom. The molecular formula is C11H13BrN4O2S. The molecule has 0 saturated carbocycles. The van der Waals surface area contributed by atoms with E-state index in [4.69, 9.17) is 5.73 Å². The van der Waals surface area contributed by atoms with E-state index >= 15 is 0 Å². The predicted octanol–water partition coefficient (Wildman–Crippen LogP) is 1.44. The van der Waals surface area contributed by atoms with Gasteiger partial charge >= 0.3 is 0 Å². The molecule has 0 aliphatic heterocycles. The van der Waals surface area contributed by atoms with Gasteiger partial charge in [-0.3, -0.25) is 9.40 Å². The van der Waals surface area contributed by atoms with Crippen molar-refractivity contribution in [3.05, 3.63) is 40.6 Å². The van der Waals surface area contributed by atoms with Gasteiger partial charge in [-0.05, 0) is 33.6 Å². The average molecular weight is 345 g/mol. The number of nitrogens with zero attached hydrogens (tertiary/aromatic N) is 2. The molecule has 8 heteroatoms. The molecule has 2 rings (SSSR count). The Morgan fingerprint density at radius 1 is 1.47 bits per heavy atom. The summed E-state index contributed by atoms with van der Waals surface area (Å²) in [7, 11) is -1.96. The van der Waals surface area contributed by atoms with E-state index in [0.29, 0.717) is 10.2 Å². The molecule has 0 unspecified atom stereocenters. The zero-order valence-electron chi connectivity index (χ0n) is 10.2. The lowest BCUT2D eigenvalue weighted by Crippen LogP contribution is -2.14. The Labute approximate surface area is 119 Å². The van der Waals surface area contributed by atoms with Crippen LogP contribution >= 0.6 is 15.9 Å². The average Bonchev–Trinajstić information content (AvgIpc) is 2.74. The Morgan fingerprint density at radius 3 is 2.79 bits per heavy atom. The highest BCUT2D eigenvalue weighted by Crippen LogP contribution is 2.25. The van der Waals surface area contributed by atoms with E-state index in [1.807, 2.05) is 0 Å². The largest absolute Gasteiger partial charge is 0.326 e. The van der Waals surface area contributed by atoms with Crippen LogP contribution < -0.4 is 10.5 Å². The summed E-state index contributed by atoms with van der Waals surface area (Å²) < 4.78 is 29.0. The van der Waals surface area contributed by atoms with Gasteiger partial charge in [0.15, 0.2) is 0 Å². The van der Waals surface area contributed by atoms with E-state index < -0.39 is 10.0 Å². The molecular weight excluding hydrogens is 332 g/mol. The van der Waals surface area contributed by atoms with Gasteiger partial charge in [0.2, 0.25) is 0 Å². The summed E-state index contributed by atoms with van der Waals surface area (Å²) in [5, 5.41) is 3.91. The van der Waals surface area contributed by atoms with Crippen LogP contribution in [0.3, 0.4) is 0 Å². The molecule has 0 fully saturated rings. The lowest BCUT2D eigenvalue weighted by Gasteiger charge is -2.09. The van der Waals surface area contributed by atoms with Crippen molar-refractivity contribution >= 4 is 31.6 Å². The van der Waals surface area contributed by atoms with Gasteiger partial charge in [-0.15, -0.1) is 0 Å². The van der Waals surface area contributed by atoms with Crippen LogP contribution in [0, 0.1) is 0 Å². The minimum atomic E-state index is -3.67. The molecule has 0 amide bonds. The van der Waals surface area contributed by atoms with Crippen LogP contribution in [0.25, 0.3) is 0 Å². The van der Waals surface area contributed by atoms with Crippen molar-refractivity contribution in [1.29, 1.82) is 0 Å². The third kappa shape index (κ3) is 3.14. The highest BCUT2D eigenvalue weighted by atomic mass is 79.9. The SMILES string of the molecule is Cn1cc(NS(=O)(=O)c2cc(CN)ccc2Br)cn1. The molecule has 2 aromatic rings. The van der Waals surface area contributed by atoms with Crippen molar-refractivity contribution in [3.8, 4) is 0 Å². The standard InChI is InChI=1S/C11H13BrN4O2S/c1-16-7-9(6-14-16)15-19(17,18)11-4-8(5-13)2-3-10(11)12/h2-4,6-7,15H,5,13H2,1H3. The monoisotopic (exact) mass is 344 g/mol. The number of nitrogens with one attached hydrogen (secondary N) is 1. The number of benzene rings is 1. The minimum Gasteiger partial charge on any atom is -0.326 e. The smallest absolute Gasteiger partial charge is 0.263 e. The summed E-state index contributed by atoms with van der Waals surface area (Å²) in [5.41, 5.74) is 6.68. The lowest BCUT2D eigenvalue weighted by atomic mass is 10.2. The van der Waals surface area contributed by atoms with Gasteiger partial charge in [0.05, 0.1) is 11.9 Å². The van der Waals surface area contributed by atoms with Crippen molar-refractivity contribution in [2.24, 2.45) is 12.8 Å². The number of nitrogens with two attached hydrogens (primary N) is 1. The number of aromatic nitrogens is 2. The van der Waals surface area contributed by atoms with Gasteiger partial charge in [0.1, 0.15) is 4.90 Å². The number of hydrogen-bond donors (Lipinski definition) is 2. The third-order valence-electron chi connectivity index (χ3n) is 2.48. The molecule has 0 saturated heterocycles. The van der Waals surface area contributed by atoms with Crippen molar-refractivity contribution in [3.63, 3.8) is 0 Å². The van der Waals surface area contributed by atoms with E-state index in [1.165, 1.54) is 10.9 Å². The van der Waals surface area contributed by atoms with Gasteiger partial charge < -0.3 is 5.73 Å². The summed E-state index contributed by atoms with van der Waals surface area (Å²) in [5.74, 6) is 0. The Kier molecular flexibility index (Phi) is 3.93. The summed E-state index contributed by atoms with van der Waals surface area (Å²) in [6.45, 7) is 0.280. The van der Waals surface area contributed by atoms with E-state index in [9.17, 15) is 8.42 Å². The highest BCUT2D eigenvalue weighted by Gasteiger charge is 2.18. The van der Waals surface area contributed by atoms with Crippen LogP contribution in [0.4, 0.5) is 5.69 Å². The number of sulfonamides is 1. The molecule has 1 aromatic carbocycles. The molecule has 1 heterocycles. The fourth-order valence-electron chi connectivity index (χ4n) is 1.56. The van der Waals surface area contributed by atoms with E-state index in [1.54, 1.807) is 31.4 Å². The van der Waals surface area contributed by atoms with Crippen molar-refractivity contribution in [2.45, 2.75) is 11.4 Å². The minimum absolute atomic E-state index is 0.152. The molecule has 6 nitrogen and oxygen atoms in total. The van der Waals surface area contributed by atoms with E-state index in [2.05, 4.69) is 25.8 Å². The van der Waals surface area contributed by atoms with Crippen LogP contribution in [0.1, 0.15) is 5.56 Å². The molecule has 0 atom stereocenters. The topological polar surface area (TPSA) is 90.0 Å². The second-order valence-corrected chi connectivity index (χ2v) is 6.48. The second kappa shape index (κ2) is 5.32. The molecule has 102 valence electrons. The van der Waals surface area contributed by atoms with Crippen LogP contribution in [0.5, 0.6) is 0 Å². The van der Waals surface area contributed by atoms with E-state index in [0.717, 1.165) is 5.56 Å². The number of anilines is 1. The van der Waals surface area contributed by atoms with Gasteiger partial charge in [0, 0.05) is 24.3 Å². The molecule has 0 spiro atoms. The zero-order valence-corrected chi connectivity index (χ0v) is 12.6. The van der Waals surface area contributed by atoms with Crippen LogP contribution in [0.15, 0.2) is 40.0 Å². The number of aryl methyl sites for hydroxylation is 1. The Bertz CT molecular complexity index is 696. The molecule has 0 aliphatic rings. The Balaban J connectivity index is 2.39. The highest BCUT2D eigenvalue weighted by molar-refractivity contribution is 9.10. The molecule has 0 bridgehead atoms. The quantitative estimate of drug-likeness (QED) is 0.877. The molecule has 3 N–H and O–H groups in total. The maximum absolute atomic E-state index is 12.3. The lowest BCUT2D eigenvalue weighted by molar-refractivity contribution is 0.600. The van der Waals surface area contributed by atoms with Crippen LogP contribution in [0.2, 0.25) is 0 Å². The number of halogens is 1. The predicted molar refractivity (Wildman–Crippen MR) is 76.0 cm³/mol. The molecule has 1 aromatic heterocycles.